The fraction of sp³-hybridized carbons (Fsp3) is 0.174. The number of hydrogen-bond donors (Lipinski definition) is 0. The van der Waals surface area contributed by atoms with Crippen LogP contribution in [0.5, 0.6) is 0 Å². The first-order valence-corrected chi connectivity index (χ1v) is 10.2. The minimum Gasteiger partial charge on any atom is -0.465 e. The van der Waals surface area contributed by atoms with E-state index in [0.29, 0.717) is 17.9 Å². The van der Waals surface area contributed by atoms with Crippen LogP contribution in [0.2, 0.25) is 0 Å². The number of methoxy groups -OCH3 is 1. The van der Waals surface area contributed by atoms with Crippen molar-refractivity contribution in [1.29, 1.82) is 0 Å². The van der Waals surface area contributed by atoms with E-state index in [1.54, 1.807) is 12.1 Å². The number of aryl methyl sites for hydroxylation is 1. The summed E-state index contributed by atoms with van der Waals surface area (Å²) in [6, 6.07) is 18.0. The summed E-state index contributed by atoms with van der Waals surface area (Å²) in [5.74, 6) is -0.330. The second kappa shape index (κ2) is 9.26. The SMILES string of the molecule is COC(=O)c1c(Sc2ccccc2)cc(C)c(CCCl)c1-c1ccc(F)cc1. The van der Waals surface area contributed by atoms with Crippen molar-refractivity contribution >= 4 is 29.3 Å². The normalized spacial score (nSPS) is 10.7. The zero-order valence-electron chi connectivity index (χ0n) is 15.7. The van der Waals surface area contributed by atoms with Gasteiger partial charge in [0.2, 0.25) is 0 Å². The van der Waals surface area contributed by atoms with E-state index in [4.69, 9.17) is 16.3 Å². The number of hydrogen-bond acceptors (Lipinski definition) is 3. The average molecular weight is 415 g/mol. The Kier molecular flexibility index (Phi) is 6.76. The number of carbonyl (C=O) groups excluding carboxylic acids is 1. The van der Waals surface area contributed by atoms with Gasteiger partial charge in [-0.15, -0.1) is 11.6 Å². The third-order valence-electron chi connectivity index (χ3n) is 4.46. The lowest BCUT2D eigenvalue weighted by atomic mass is 9.89. The third-order valence-corrected chi connectivity index (χ3v) is 5.70. The number of carbonyl (C=O) groups is 1. The molecule has 0 heterocycles. The summed E-state index contributed by atoms with van der Waals surface area (Å²) in [6.07, 6.45) is 0.598. The van der Waals surface area contributed by atoms with Gasteiger partial charge in [-0.25, -0.2) is 9.18 Å². The molecule has 3 aromatic rings. The predicted octanol–water partition coefficient (Wildman–Crippen LogP) is 6.52. The number of esters is 1. The number of halogens is 2. The van der Waals surface area contributed by atoms with Crippen LogP contribution in [0.1, 0.15) is 21.5 Å². The molecule has 0 aliphatic heterocycles. The Hall–Kier alpha value is -2.30. The van der Waals surface area contributed by atoms with Gasteiger partial charge in [-0.3, -0.25) is 0 Å². The molecule has 0 aromatic heterocycles. The molecule has 28 heavy (non-hydrogen) atoms. The highest BCUT2D eigenvalue weighted by Crippen LogP contribution is 2.40. The number of benzene rings is 3. The van der Waals surface area contributed by atoms with Gasteiger partial charge in [0.25, 0.3) is 0 Å². The summed E-state index contributed by atoms with van der Waals surface area (Å²) in [5.41, 5.74) is 4.01. The summed E-state index contributed by atoms with van der Waals surface area (Å²) in [4.78, 5) is 14.6. The minimum atomic E-state index is -0.423. The molecule has 0 saturated heterocycles. The lowest BCUT2D eigenvalue weighted by Gasteiger charge is -2.20. The molecular weight excluding hydrogens is 395 g/mol. The Labute approximate surface area is 173 Å². The highest BCUT2D eigenvalue weighted by Gasteiger charge is 2.24. The highest BCUT2D eigenvalue weighted by atomic mass is 35.5. The highest BCUT2D eigenvalue weighted by molar-refractivity contribution is 7.99. The summed E-state index contributed by atoms with van der Waals surface area (Å²) in [5, 5.41) is 0. The Balaban J connectivity index is 2.28. The lowest BCUT2D eigenvalue weighted by Crippen LogP contribution is -2.10. The van der Waals surface area contributed by atoms with Crippen molar-refractivity contribution in [3.8, 4) is 11.1 Å². The molecule has 0 aliphatic carbocycles. The second-order valence-electron chi connectivity index (χ2n) is 6.27. The van der Waals surface area contributed by atoms with Crippen molar-refractivity contribution < 1.29 is 13.9 Å². The topological polar surface area (TPSA) is 26.3 Å². The van der Waals surface area contributed by atoms with E-state index in [1.807, 2.05) is 43.3 Å². The molecule has 144 valence electrons. The van der Waals surface area contributed by atoms with E-state index in [2.05, 4.69) is 0 Å². The first-order chi connectivity index (χ1) is 13.5. The molecule has 0 spiro atoms. The van der Waals surface area contributed by atoms with Crippen LogP contribution in [0.4, 0.5) is 4.39 Å². The van der Waals surface area contributed by atoms with Gasteiger partial charge in [0.15, 0.2) is 0 Å². The zero-order chi connectivity index (χ0) is 20.1. The quantitative estimate of drug-likeness (QED) is 0.339. The third kappa shape index (κ3) is 4.40. The van der Waals surface area contributed by atoms with Crippen molar-refractivity contribution in [2.75, 3.05) is 13.0 Å². The molecule has 0 amide bonds. The van der Waals surface area contributed by atoms with Gasteiger partial charge in [0, 0.05) is 21.2 Å². The van der Waals surface area contributed by atoms with Crippen molar-refractivity contribution in [1.82, 2.24) is 0 Å². The van der Waals surface area contributed by atoms with E-state index in [9.17, 15) is 9.18 Å². The van der Waals surface area contributed by atoms with Crippen molar-refractivity contribution in [2.45, 2.75) is 23.1 Å². The number of alkyl halides is 1. The lowest BCUT2D eigenvalue weighted by molar-refractivity contribution is 0.0597. The van der Waals surface area contributed by atoms with Crippen LogP contribution in [0.3, 0.4) is 0 Å². The molecule has 3 aromatic carbocycles. The Morgan fingerprint density at radius 3 is 2.39 bits per heavy atom. The fourth-order valence-corrected chi connectivity index (χ4v) is 4.44. The molecule has 0 fully saturated rings. The smallest absolute Gasteiger partial charge is 0.339 e. The van der Waals surface area contributed by atoms with E-state index < -0.39 is 5.97 Å². The summed E-state index contributed by atoms with van der Waals surface area (Å²) >= 11 is 7.55. The van der Waals surface area contributed by atoms with Gasteiger partial charge < -0.3 is 4.74 Å². The minimum absolute atomic E-state index is 0.325. The molecule has 0 bridgehead atoms. The molecule has 0 radical (unpaired) electrons. The molecule has 0 saturated carbocycles. The summed E-state index contributed by atoms with van der Waals surface area (Å²) in [7, 11) is 1.37. The average Bonchev–Trinajstić information content (AvgIpc) is 2.70. The van der Waals surface area contributed by atoms with Crippen LogP contribution in [-0.4, -0.2) is 19.0 Å². The van der Waals surface area contributed by atoms with Gasteiger partial charge in [0.1, 0.15) is 5.82 Å². The van der Waals surface area contributed by atoms with Crippen LogP contribution >= 0.6 is 23.4 Å². The molecule has 0 aliphatic rings. The zero-order valence-corrected chi connectivity index (χ0v) is 17.2. The van der Waals surface area contributed by atoms with Crippen LogP contribution < -0.4 is 0 Å². The van der Waals surface area contributed by atoms with Crippen molar-refractivity contribution in [2.24, 2.45) is 0 Å². The molecule has 0 unspecified atom stereocenters. The Bertz CT molecular complexity index is 972. The molecule has 2 nitrogen and oxygen atoms in total. The predicted molar refractivity (Wildman–Crippen MR) is 113 cm³/mol. The van der Waals surface area contributed by atoms with Crippen molar-refractivity contribution in [3.05, 3.63) is 83.2 Å². The Morgan fingerprint density at radius 2 is 1.79 bits per heavy atom. The summed E-state index contributed by atoms with van der Waals surface area (Å²) < 4.78 is 18.6. The van der Waals surface area contributed by atoms with Gasteiger partial charge in [-0.1, -0.05) is 42.1 Å². The van der Waals surface area contributed by atoms with Crippen LogP contribution in [-0.2, 0) is 11.2 Å². The molecule has 0 N–H and O–H groups in total. The van der Waals surface area contributed by atoms with E-state index >= 15 is 0 Å². The molecule has 0 atom stereocenters. The van der Waals surface area contributed by atoms with E-state index in [-0.39, 0.29) is 5.82 Å². The maximum Gasteiger partial charge on any atom is 0.339 e. The second-order valence-corrected chi connectivity index (χ2v) is 7.77. The maximum absolute atomic E-state index is 13.5. The van der Waals surface area contributed by atoms with Gasteiger partial charge in [-0.05, 0) is 60.4 Å². The van der Waals surface area contributed by atoms with Crippen LogP contribution in [0, 0.1) is 12.7 Å². The summed E-state index contributed by atoms with van der Waals surface area (Å²) in [6.45, 7) is 2.00. The fourth-order valence-electron chi connectivity index (χ4n) is 3.18. The van der Waals surface area contributed by atoms with Gasteiger partial charge >= 0.3 is 5.97 Å². The van der Waals surface area contributed by atoms with Gasteiger partial charge in [0.05, 0.1) is 12.7 Å². The van der Waals surface area contributed by atoms with Gasteiger partial charge in [-0.2, -0.15) is 0 Å². The monoisotopic (exact) mass is 414 g/mol. The van der Waals surface area contributed by atoms with Crippen LogP contribution in [0.25, 0.3) is 11.1 Å². The van der Waals surface area contributed by atoms with E-state index in [1.165, 1.54) is 31.0 Å². The maximum atomic E-state index is 13.5. The van der Waals surface area contributed by atoms with Crippen LogP contribution in [0.15, 0.2) is 70.5 Å². The number of rotatable bonds is 6. The first kappa shape index (κ1) is 20.4. The molecule has 3 rings (SSSR count). The number of ether oxygens (including phenoxy) is 1. The standard InChI is InChI=1S/C23H20ClFO2S/c1-15-14-20(28-18-6-4-3-5-7-18)22(23(26)27-2)21(19(15)12-13-24)16-8-10-17(25)11-9-16/h3-11,14H,12-13H2,1-2H3. The van der Waals surface area contributed by atoms with E-state index in [0.717, 1.165) is 32.0 Å². The Morgan fingerprint density at radius 1 is 1.11 bits per heavy atom. The largest absolute Gasteiger partial charge is 0.465 e. The first-order valence-electron chi connectivity index (χ1n) is 8.84. The molecular formula is C23H20ClFO2S. The van der Waals surface area contributed by atoms with Crippen molar-refractivity contribution in [3.63, 3.8) is 0 Å². The molecule has 5 heteroatoms.